The largest absolute Gasteiger partial charge is 0.294 e. The molecule has 0 saturated heterocycles. The number of nitrogens with zero attached hydrogens (tertiary/aromatic N) is 4. The predicted octanol–water partition coefficient (Wildman–Crippen LogP) is 14.8. The van der Waals surface area contributed by atoms with Crippen LogP contribution in [0.15, 0.2) is 134 Å². The van der Waals surface area contributed by atoms with E-state index in [9.17, 15) is 0 Å². The second kappa shape index (κ2) is 14.2. The van der Waals surface area contributed by atoms with E-state index in [1.807, 2.05) is 12.4 Å². The van der Waals surface area contributed by atoms with Gasteiger partial charge in [-0.05, 0) is 116 Å². The molecule has 0 radical (unpaired) electrons. The van der Waals surface area contributed by atoms with Crippen LogP contribution < -0.4 is 9.80 Å². The molecule has 8 rings (SSSR count). The molecule has 54 heavy (non-hydrogen) atoms. The maximum atomic E-state index is 5.07. The van der Waals surface area contributed by atoms with Gasteiger partial charge in [-0.2, -0.15) is 0 Å². The first kappa shape index (κ1) is 35.3. The van der Waals surface area contributed by atoms with Crippen molar-refractivity contribution in [1.82, 2.24) is 9.97 Å². The summed E-state index contributed by atoms with van der Waals surface area (Å²) in [6, 6.07) is 45.0. The Morgan fingerprint density at radius 1 is 0.352 bits per heavy atom. The van der Waals surface area contributed by atoms with Gasteiger partial charge in [0.1, 0.15) is 11.6 Å². The van der Waals surface area contributed by atoms with Crippen molar-refractivity contribution in [3.63, 3.8) is 0 Å². The third-order valence-corrected chi connectivity index (χ3v) is 11.1. The highest BCUT2D eigenvalue weighted by atomic mass is 15.2. The van der Waals surface area contributed by atoms with Crippen molar-refractivity contribution in [3.8, 4) is 0 Å². The number of benzene rings is 6. The van der Waals surface area contributed by atoms with E-state index < -0.39 is 0 Å². The molecule has 8 aromatic rings. The van der Waals surface area contributed by atoms with E-state index in [-0.39, 0.29) is 0 Å². The summed E-state index contributed by atoms with van der Waals surface area (Å²) >= 11 is 0. The van der Waals surface area contributed by atoms with Gasteiger partial charge >= 0.3 is 0 Å². The van der Waals surface area contributed by atoms with E-state index in [0.29, 0.717) is 23.7 Å². The lowest BCUT2D eigenvalue weighted by Crippen LogP contribution is -2.13. The smallest absolute Gasteiger partial charge is 0.137 e. The SMILES string of the molecule is CC(C)c1ccc(N(c2ccc(C(C)C)cn2)c2ccc3ccc4c(N(c5ccc(C(C)C)cc5)c5ccc(C(C)C)cn5)ccc5ccc2c3c54)cc1. The van der Waals surface area contributed by atoms with Crippen molar-refractivity contribution in [3.05, 3.63) is 156 Å². The average Bonchev–Trinajstić information content (AvgIpc) is 3.18. The van der Waals surface area contributed by atoms with E-state index >= 15 is 0 Å². The molecule has 0 aliphatic rings. The zero-order valence-electron chi connectivity index (χ0n) is 32.8. The molecular formula is C50H50N4. The van der Waals surface area contributed by atoms with Crippen molar-refractivity contribution >= 4 is 66.7 Å². The van der Waals surface area contributed by atoms with E-state index in [0.717, 1.165) is 34.4 Å². The number of hydrogen-bond acceptors (Lipinski definition) is 4. The van der Waals surface area contributed by atoms with Crippen LogP contribution >= 0.6 is 0 Å². The van der Waals surface area contributed by atoms with Gasteiger partial charge in [-0.1, -0.05) is 128 Å². The molecular weight excluding hydrogens is 657 g/mol. The van der Waals surface area contributed by atoms with Crippen molar-refractivity contribution in [2.24, 2.45) is 0 Å². The molecule has 4 nitrogen and oxygen atoms in total. The summed E-state index contributed by atoms with van der Waals surface area (Å²) in [5.41, 5.74) is 9.50. The second-order valence-electron chi connectivity index (χ2n) is 16.0. The lowest BCUT2D eigenvalue weighted by Gasteiger charge is -2.29. The molecule has 0 aliphatic heterocycles. The molecule has 0 atom stereocenters. The maximum absolute atomic E-state index is 5.07. The minimum atomic E-state index is 0.408. The van der Waals surface area contributed by atoms with E-state index in [1.54, 1.807) is 0 Å². The van der Waals surface area contributed by atoms with Gasteiger partial charge in [0.05, 0.1) is 11.4 Å². The number of anilines is 6. The zero-order chi connectivity index (χ0) is 37.7. The molecule has 4 heteroatoms. The van der Waals surface area contributed by atoms with Crippen LogP contribution in [0.1, 0.15) is 101 Å². The molecule has 0 amide bonds. The van der Waals surface area contributed by atoms with Crippen molar-refractivity contribution < 1.29 is 0 Å². The van der Waals surface area contributed by atoms with Gasteiger partial charge in [0, 0.05) is 34.5 Å². The summed E-state index contributed by atoms with van der Waals surface area (Å²) in [4.78, 5) is 14.8. The lowest BCUT2D eigenvalue weighted by molar-refractivity contribution is 0.857. The molecule has 0 unspecified atom stereocenters. The predicted molar refractivity (Wildman–Crippen MR) is 231 cm³/mol. The summed E-state index contributed by atoms with van der Waals surface area (Å²) in [7, 11) is 0. The fraction of sp³-hybridized carbons (Fsp3) is 0.240. The molecule has 0 bridgehead atoms. The van der Waals surface area contributed by atoms with Crippen LogP contribution in [0.3, 0.4) is 0 Å². The maximum Gasteiger partial charge on any atom is 0.137 e. The Kier molecular flexibility index (Phi) is 9.31. The number of rotatable bonds is 10. The zero-order valence-corrected chi connectivity index (χ0v) is 32.8. The summed E-state index contributed by atoms with van der Waals surface area (Å²) in [6.45, 7) is 17.8. The Balaban J connectivity index is 1.35. The van der Waals surface area contributed by atoms with Gasteiger partial charge in [0.2, 0.25) is 0 Å². The van der Waals surface area contributed by atoms with Gasteiger partial charge < -0.3 is 0 Å². The minimum Gasteiger partial charge on any atom is -0.294 e. The van der Waals surface area contributed by atoms with Crippen molar-refractivity contribution in [2.75, 3.05) is 9.80 Å². The number of aromatic nitrogens is 2. The lowest BCUT2D eigenvalue weighted by atomic mass is 9.91. The monoisotopic (exact) mass is 706 g/mol. The van der Waals surface area contributed by atoms with Crippen LogP contribution in [0.5, 0.6) is 0 Å². The molecule has 0 spiro atoms. The highest BCUT2D eigenvalue weighted by Crippen LogP contribution is 2.47. The van der Waals surface area contributed by atoms with E-state index in [1.165, 1.54) is 54.6 Å². The summed E-state index contributed by atoms with van der Waals surface area (Å²) < 4.78 is 0. The van der Waals surface area contributed by atoms with E-state index in [4.69, 9.17) is 9.97 Å². The van der Waals surface area contributed by atoms with Crippen LogP contribution in [0, 0.1) is 0 Å². The minimum absolute atomic E-state index is 0.408. The van der Waals surface area contributed by atoms with Crippen molar-refractivity contribution in [2.45, 2.75) is 79.1 Å². The van der Waals surface area contributed by atoms with Gasteiger partial charge in [-0.25, -0.2) is 9.97 Å². The molecule has 0 saturated carbocycles. The Morgan fingerprint density at radius 3 is 1.00 bits per heavy atom. The third-order valence-electron chi connectivity index (χ3n) is 11.1. The molecule has 2 aromatic heterocycles. The topological polar surface area (TPSA) is 32.3 Å². The summed E-state index contributed by atoms with van der Waals surface area (Å²) in [5, 5.41) is 7.33. The van der Waals surface area contributed by atoms with Gasteiger partial charge in [0.25, 0.3) is 0 Å². The molecule has 0 fully saturated rings. The van der Waals surface area contributed by atoms with Gasteiger partial charge in [-0.3, -0.25) is 9.80 Å². The highest BCUT2D eigenvalue weighted by Gasteiger charge is 2.23. The molecule has 270 valence electrons. The van der Waals surface area contributed by atoms with Crippen LogP contribution in [-0.2, 0) is 0 Å². The molecule has 2 heterocycles. The van der Waals surface area contributed by atoms with Crippen LogP contribution in [0.2, 0.25) is 0 Å². The Hall–Kier alpha value is -5.74. The van der Waals surface area contributed by atoms with E-state index in [2.05, 4.69) is 187 Å². The highest BCUT2D eigenvalue weighted by molar-refractivity contribution is 6.28. The quantitative estimate of drug-likeness (QED) is 0.133. The third kappa shape index (κ3) is 6.34. The summed E-state index contributed by atoms with van der Waals surface area (Å²) in [5.74, 6) is 3.53. The first-order valence-electron chi connectivity index (χ1n) is 19.5. The number of hydrogen-bond donors (Lipinski definition) is 0. The van der Waals surface area contributed by atoms with Gasteiger partial charge in [-0.15, -0.1) is 0 Å². The standard InChI is InChI=1S/C50H50N4/c1-31(2)35-9-19-41(20-10-35)53(47-27-17-39(29-51-47)33(5)6)45-25-15-37-14-24-44-46(26-16-38-13-23-43(45)49(37)50(38)44)54(42-21-11-36(12-22-42)32(3)4)48-28-18-40(30-52-48)34(7)8/h9-34H,1-8H3. The first-order valence-corrected chi connectivity index (χ1v) is 19.5. The second-order valence-corrected chi connectivity index (χ2v) is 16.0. The van der Waals surface area contributed by atoms with Crippen LogP contribution in [0.25, 0.3) is 32.3 Å². The molecule has 0 aliphatic carbocycles. The van der Waals surface area contributed by atoms with Crippen LogP contribution in [-0.4, -0.2) is 9.97 Å². The Bertz CT molecular complexity index is 2250. The first-order chi connectivity index (χ1) is 26.1. The average molecular weight is 707 g/mol. The fourth-order valence-electron chi connectivity index (χ4n) is 7.71. The molecule has 6 aromatic carbocycles. The Labute approximate surface area is 320 Å². The Morgan fingerprint density at radius 2 is 0.685 bits per heavy atom. The van der Waals surface area contributed by atoms with Crippen LogP contribution in [0.4, 0.5) is 34.4 Å². The summed E-state index contributed by atoms with van der Waals surface area (Å²) in [6.07, 6.45) is 4.06. The fourth-order valence-corrected chi connectivity index (χ4v) is 7.71. The van der Waals surface area contributed by atoms with Gasteiger partial charge in [0.15, 0.2) is 0 Å². The normalized spacial score (nSPS) is 12.0. The number of pyridine rings is 2. The van der Waals surface area contributed by atoms with Crippen molar-refractivity contribution in [1.29, 1.82) is 0 Å². The molecule has 0 N–H and O–H groups in total.